The number of para-hydroxylation sites is 2. The molecule has 4 rings (SSSR count). The second kappa shape index (κ2) is 4.21. The fourth-order valence-electron chi connectivity index (χ4n) is 2.48. The van der Waals surface area contributed by atoms with Crippen LogP contribution in [0.4, 0.5) is 17.1 Å². The molecule has 0 spiro atoms. The molecule has 0 saturated heterocycles. The van der Waals surface area contributed by atoms with Crippen molar-refractivity contribution >= 4 is 27.8 Å². The van der Waals surface area contributed by atoms with E-state index in [4.69, 9.17) is 4.74 Å². The van der Waals surface area contributed by atoms with Gasteiger partial charge in [0.25, 0.3) is 5.69 Å². The molecule has 1 N–H and O–H groups in total. The third kappa shape index (κ3) is 1.87. The van der Waals surface area contributed by atoms with Crippen molar-refractivity contribution in [3.05, 3.63) is 64.7 Å². The van der Waals surface area contributed by atoms with Gasteiger partial charge in [-0.15, -0.1) is 0 Å². The summed E-state index contributed by atoms with van der Waals surface area (Å²) in [5.74, 6) is 1.49. The Labute approximate surface area is 119 Å². The van der Waals surface area contributed by atoms with Crippen LogP contribution in [0.3, 0.4) is 0 Å². The average Bonchev–Trinajstić information content (AvgIpc) is 2.50. The van der Waals surface area contributed by atoms with E-state index in [0.717, 1.165) is 33.6 Å². The van der Waals surface area contributed by atoms with Crippen molar-refractivity contribution < 1.29 is 9.66 Å². The maximum Gasteiger partial charge on any atom is 0.270 e. The maximum atomic E-state index is 10.9. The highest BCUT2D eigenvalue weighted by molar-refractivity contribution is 5.92. The lowest BCUT2D eigenvalue weighted by Crippen LogP contribution is -2.02. The van der Waals surface area contributed by atoms with E-state index in [9.17, 15) is 10.1 Å². The van der Waals surface area contributed by atoms with Crippen molar-refractivity contribution in [2.24, 2.45) is 0 Å². The van der Waals surface area contributed by atoms with Gasteiger partial charge in [0, 0.05) is 12.1 Å². The first-order valence-corrected chi connectivity index (χ1v) is 6.47. The smallest absolute Gasteiger partial charge is 0.270 e. The Hall–Kier alpha value is -3.08. The predicted octanol–water partition coefficient (Wildman–Crippen LogP) is 4.60. The molecule has 1 aliphatic rings. The number of anilines is 2. The predicted molar refractivity (Wildman–Crippen MR) is 80.4 cm³/mol. The molecule has 0 saturated carbocycles. The summed E-state index contributed by atoms with van der Waals surface area (Å²) >= 11 is 0. The molecule has 5 nitrogen and oxygen atoms in total. The van der Waals surface area contributed by atoms with Crippen molar-refractivity contribution in [2.75, 3.05) is 5.32 Å². The summed E-state index contributed by atoms with van der Waals surface area (Å²) in [7, 11) is 0. The fourth-order valence-corrected chi connectivity index (χ4v) is 2.48. The molecule has 0 amide bonds. The van der Waals surface area contributed by atoms with E-state index in [1.54, 1.807) is 12.1 Å². The molecule has 0 fully saturated rings. The Balaban J connectivity index is 1.87. The monoisotopic (exact) mass is 278 g/mol. The number of nitrogens with zero attached hydrogens (tertiary/aromatic N) is 1. The van der Waals surface area contributed by atoms with E-state index in [0.29, 0.717) is 0 Å². The number of hydrogen-bond donors (Lipinski definition) is 1. The topological polar surface area (TPSA) is 64.4 Å². The van der Waals surface area contributed by atoms with Crippen molar-refractivity contribution in [1.82, 2.24) is 0 Å². The lowest BCUT2D eigenvalue weighted by atomic mass is 10.1. The standard InChI is InChI=1S/C16H10N2O3/c19-18(20)12-6-5-10-9-16-14(8-11(10)7-12)17-13-3-1-2-4-15(13)21-16/h1-9,17H. The molecule has 3 aromatic carbocycles. The van der Waals surface area contributed by atoms with Gasteiger partial charge in [0.15, 0.2) is 11.5 Å². The molecular formula is C16H10N2O3. The van der Waals surface area contributed by atoms with Crippen molar-refractivity contribution in [1.29, 1.82) is 0 Å². The van der Waals surface area contributed by atoms with Crippen molar-refractivity contribution in [3.63, 3.8) is 0 Å². The minimum Gasteiger partial charge on any atom is -0.453 e. The third-order valence-corrected chi connectivity index (χ3v) is 3.51. The number of nitro groups is 1. The van der Waals surface area contributed by atoms with Gasteiger partial charge in [-0.05, 0) is 41.1 Å². The quantitative estimate of drug-likeness (QED) is 0.408. The number of hydrogen-bond acceptors (Lipinski definition) is 4. The molecular weight excluding hydrogens is 268 g/mol. The highest BCUT2D eigenvalue weighted by Gasteiger charge is 2.17. The van der Waals surface area contributed by atoms with Crippen LogP contribution in [-0.4, -0.2) is 4.92 Å². The van der Waals surface area contributed by atoms with Crippen LogP contribution in [0.5, 0.6) is 11.5 Å². The minimum absolute atomic E-state index is 0.0829. The molecule has 102 valence electrons. The Morgan fingerprint density at radius 1 is 0.905 bits per heavy atom. The highest BCUT2D eigenvalue weighted by Crippen LogP contribution is 2.43. The van der Waals surface area contributed by atoms with Crippen LogP contribution in [0, 0.1) is 10.1 Å². The van der Waals surface area contributed by atoms with E-state index >= 15 is 0 Å². The number of ether oxygens (including phenoxy) is 1. The Morgan fingerprint density at radius 2 is 1.76 bits per heavy atom. The van der Waals surface area contributed by atoms with Gasteiger partial charge >= 0.3 is 0 Å². The van der Waals surface area contributed by atoms with E-state index < -0.39 is 4.92 Å². The molecule has 0 atom stereocenters. The van der Waals surface area contributed by atoms with Crippen LogP contribution in [0.1, 0.15) is 0 Å². The first kappa shape index (κ1) is 11.7. The Kier molecular flexibility index (Phi) is 2.35. The van der Waals surface area contributed by atoms with Crippen LogP contribution in [0.15, 0.2) is 54.6 Å². The summed E-state index contributed by atoms with van der Waals surface area (Å²) in [6, 6.07) is 16.2. The van der Waals surface area contributed by atoms with Gasteiger partial charge in [0.05, 0.1) is 16.3 Å². The van der Waals surface area contributed by atoms with Crippen LogP contribution >= 0.6 is 0 Å². The minimum atomic E-state index is -0.391. The van der Waals surface area contributed by atoms with E-state index in [2.05, 4.69) is 5.32 Å². The highest BCUT2D eigenvalue weighted by atomic mass is 16.6. The van der Waals surface area contributed by atoms with Gasteiger partial charge in [0.1, 0.15) is 0 Å². The van der Waals surface area contributed by atoms with Gasteiger partial charge in [0.2, 0.25) is 0 Å². The van der Waals surface area contributed by atoms with E-state index in [1.165, 1.54) is 6.07 Å². The summed E-state index contributed by atoms with van der Waals surface area (Å²) in [6.07, 6.45) is 0. The molecule has 21 heavy (non-hydrogen) atoms. The average molecular weight is 278 g/mol. The fraction of sp³-hybridized carbons (Fsp3) is 0. The third-order valence-electron chi connectivity index (χ3n) is 3.51. The summed E-state index contributed by atoms with van der Waals surface area (Å²) in [5, 5.41) is 15.9. The van der Waals surface area contributed by atoms with Crippen LogP contribution in [0.2, 0.25) is 0 Å². The van der Waals surface area contributed by atoms with E-state index in [-0.39, 0.29) is 5.69 Å². The summed E-state index contributed by atoms with van der Waals surface area (Å²) < 4.78 is 5.87. The second-order valence-corrected chi connectivity index (χ2v) is 4.86. The SMILES string of the molecule is O=[N+]([O-])c1ccc2cc3c(cc2c1)Nc1ccccc1O3. The first-order chi connectivity index (χ1) is 10.2. The summed E-state index contributed by atoms with van der Waals surface area (Å²) in [4.78, 5) is 10.5. The number of benzene rings is 3. The number of nitrogens with one attached hydrogen (secondary N) is 1. The zero-order valence-electron chi connectivity index (χ0n) is 10.9. The summed E-state index contributed by atoms with van der Waals surface area (Å²) in [6.45, 7) is 0. The number of fused-ring (bicyclic) bond motifs is 3. The van der Waals surface area contributed by atoms with Crippen LogP contribution in [0.25, 0.3) is 10.8 Å². The number of rotatable bonds is 1. The molecule has 0 unspecified atom stereocenters. The second-order valence-electron chi connectivity index (χ2n) is 4.86. The molecule has 5 heteroatoms. The molecule has 0 bridgehead atoms. The number of nitro benzene ring substituents is 1. The molecule has 3 aromatic rings. The lowest BCUT2D eigenvalue weighted by Gasteiger charge is -2.22. The van der Waals surface area contributed by atoms with Crippen molar-refractivity contribution in [3.8, 4) is 11.5 Å². The normalized spacial score (nSPS) is 12.0. The van der Waals surface area contributed by atoms with Gasteiger partial charge in [-0.2, -0.15) is 0 Å². The molecule has 0 aromatic heterocycles. The van der Waals surface area contributed by atoms with E-state index in [1.807, 2.05) is 36.4 Å². The lowest BCUT2D eigenvalue weighted by molar-refractivity contribution is -0.384. The molecule has 0 aliphatic carbocycles. The maximum absolute atomic E-state index is 10.9. The van der Waals surface area contributed by atoms with Crippen LogP contribution in [-0.2, 0) is 0 Å². The molecule has 1 aliphatic heterocycles. The largest absolute Gasteiger partial charge is 0.453 e. The van der Waals surface area contributed by atoms with Gasteiger partial charge in [-0.1, -0.05) is 12.1 Å². The van der Waals surface area contributed by atoms with Gasteiger partial charge < -0.3 is 10.1 Å². The first-order valence-electron chi connectivity index (χ1n) is 6.47. The summed E-state index contributed by atoms with van der Waals surface area (Å²) in [5.41, 5.74) is 1.77. The van der Waals surface area contributed by atoms with Gasteiger partial charge in [-0.3, -0.25) is 10.1 Å². The number of non-ortho nitro benzene ring substituents is 1. The van der Waals surface area contributed by atoms with Crippen LogP contribution < -0.4 is 10.1 Å². The zero-order valence-corrected chi connectivity index (χ0v) is 10.9. The Morgan fingerprint density at radius 3 is 2.62 bits per heavy atom. The molecule has 0 radical (unpaired) electrons. The van der Waals surface area contributed by atoms with Crippen molar-refractivity contribution in [2.45, 2.75) is 0 Å². The van der Waals surface area contributed by atoms with Gasteiger partial charge in [-0.25, -0.2) is 0 Å². The Bertz CT molecular complexity index is 890. The zero-order chi connectivity index (χ0) is 14.4. The molecule has 1 heterocycles.